The van der Waals surface area contributed by atoms with E-state index >= 15 is 0 Å². The van der Waals surface area contributed by atoms with Crippen molar-refractivity contribution in [2.24, 2.45) is 5.73 Å². The predicted octanol–water partition coefficient (Wildman–Crippen LogP) is -0.627. The van der Waals surface area contributed by atoms with E-state index in [9.17, 15) is 4.79 Å². The highest BCUT2D eigenvalue weighted by Gasteiger charge is 2.27. The number of ether oxygens (including phenoxy) is 1. The number of hydrogen-bond donors (Lipinski definition) is 6. The average molecular weight is 328 g/mol. The van der Waals surface area contributed by atoms with E-state index in [0.717, 1.165) is 38.6 Å². The monoisotopic (exact) mass is 328 g/mol. The van der Waals surface area contributed by atoms with E-state index in [1.165, 1.54) is 0 Å². The van der Waals surface area contributed by atoms with Gasteiger partial charge in [-0.25, -0.2) is 4.79 Å². The second-order valence-electron chi connectivity index (χ2n) is 6.54. The molecule has 2 rings (SSSR count). The molecule has 2 aliphatic rings. The highest BCUT2D eigenvalue weighted by atomic mass is 16.5. The van der Waals surface area contributed by atoms with E-state index < -0.39 is 0 Å². The van der Waals surface area contributed by atoms with E-state index in [4.69, 9.17) is 10.5 Å². The topological polar surface area (TPSA) is 112 Å². The SMILES string of the molecule is COC1CCCC(NC(=O)NC2NC(C)CC(NCCN)N2)C1. The van der Waals surface area contributed by atoms with Gasteiger partial charge in [0, 0.05) is 32.3 Å². The molecule has 1 aliphatic carbocycles. The fourth-order valence-corrected chi connectivity index (χ4v) is 3.35. The van der Waals surface area contributed by atoms with Crippen molar-refractivity contribution in [3.63, 3.8) is 0 Å². The third-order valence-electron chi connectivity index (χ3n) is 4.51. The van der Waals surface area contributed by atoms with Crippen LogP contribution in [0.1, 0.15) is 39.0 Å². The van der Waals surface area contributed by atoms with Crippen LogP contribution in [0.5, 0.6) is 0 Å². The first-order valence-corrected chi connectivity index (χ1v) is 8.66. The van der Waals surface area contributed by atoms with E-state index in [0.29, 0.717) is 12.6 Å². The third-order valence-corrected chi connectivity index (χ3v) is 4.51. The molecule has 2 fully saturated rings. The molecule has 2 amide bonds. The third kappa shape index (κ3) is 6.23. The summed E-state index contributed by atoms with van der Waals surface area (Å²) in [4.78, 5) is 12.2. The van der Waals surface area contributed by atoms with Gasteiger partial charge in [0.2, 0.25) is 0 Å². The molecule has 0 aromatic rings. The van der Waals surface area contributed by atoms with Crippen molar-refractivity contribution in [2.75, 3.05) is 20.2 Å². The summed E-state index contributed by atoms with van der Waals surface area (Å²) in [5, 5.41) is 16.0. The zero-order chi connectivity index (χ0) is 16.7. The number of urea groups is 1. The van der Waals surface area contributed by atoms with Gasteiger partial charge in [-0.1, -0.05) is 0 Å². The number of nitrogens with two attached hydrogens (primary N) is 1. The van der Waals surface area contributed by atoms with Crippen molar-refractivity contribution in [1.29, 1.82) is 0 Å². The number of methoxy groups -OCH3 is 1. The molecule has 0 bridgehead atoms. The summed E-state index contributed by atoms with van der Waals surface area (Å²) in [6, 6.07) is 0.341. The van der Waals surface area contributed by atoms with Crippen LogP contribution in [-0.4, -0.2) is 56.9 Å². The first-order valence-electron chi connectivity index (χ1n) is 8.66. The van der Waals surface area contributed by atoms with Crippen LogP contribution in [0.25, 0.3) is 0 Å². The Labute approximate surface area is 138 Å². The summed E-state index contributed by atoms with van der Waals surface area (Å²) < 4.78 is 5.40. The molecule has 1 heterocycles. The molecule has 1 saturated carbocycles. The van der Waals surface area contributed by atoms with Crippen LogP contribution in [0.15, 0.2) is 0 Å². The van der Waals surface area contributed by atoms with E-state index in [-0.39, 0.29) is 30.6 Å². The molecule has 5 atom stereocenters. The molecule has 0 spiro atoms. The van der Waals surface area contributed by atoms with Crippen molar-refractivity contribution in [3.8, 4) is 0 Å². The fraction of sp³-hybridized carbons (Fsp3) is 0.933. The number of carbonyl (C=O) groups is 1. The molecule has 23 heavy (non-hydrogen) atoms. The van der Waals surface area contributed by atoms with Gasteiger partial charge < -0.3 is 26.4 Å². The van der Waals surface area contributed by atoms with Crippen molar-refractivity contribution in [3.05, 3.63) is 0 Å². The molecule has 0 aromatic carbocycles. The Bertz CT molecular complexity index is 370. The first-order chi connectivity index (χ1) is 11.1. The zero-order valence-electron chi connectivity index (χ0n) is 14.2. The van der Waals surface area contributed by atoms with Gasteiger partial charge in [0.25, 0.3) is 0 Å². The van der Waals surface area contributed by atoms with E-state index in [2.05, 4.69) is 33.5 Å². The van der Waals surface area contributed by atoms with Crippen LogP contribution >= 0.6 is 0 Å². The van der Waals surface area contributed by atoms with Crippen LogP contribution in [0.3, 0.4) is 0 Å². The number of rotatable bonds is 6. The molecular weight excluding hydrogens is 296 g/mol. The van der Waals surface area contributed by atoms with Gasteiger partial charge in [0.15, 0.2) is 0 Å². The maximum absolute atomic E-state index is 12.2. The zero-order valence-corrected chi connectivity index (χ0v) is 14.2. The fourth-order valence-electron chi connectivity index (χ4n) is 3.35. The standard InChI is InChI=1S/C15H32N6O2/c1-10-8-13(17-7-6-16)20-14(18-10)21-15(22)19-11-4-3-5-12(9-11)23-2/h10-14,17-18,20H,3-9,16H2,1-2H3,(H2,19,21,22). The Morgan fingerprint density at radius 3 is 2.83 bits per heavy atom. The second-order valence-corrected chi connectivity index (χ2v) is 6.54. The highest BCUT2D eigenvalue weighted by molar-refractivity contribution is 5.74. The quantitative estimate of drug-likeness (QED) is 0.387. The van der Waals surface area contributed by atoms with Crippen LogP contribution in [0.4, 0.5) is 4.79 Å². The van der Waals surface area contributed by atoms with E-state index in [1.54, 1.807) is 7.11 Å². The van der Waals surface area contributed by atoms with Crippen molar-refractivity contribution >= 4 is 6.03 Å². The first kappa shape index (κ1) is 18.4. The molecular formula is C15H32N6O2. The number of hydrogen-bond acceptors (Lipinski definition) is 6. The number of amides is 2. The second kappa shape index (κ2) is 9.39. The Morgan fingerprint density at radius 1 is 1.26 bits per heavy atom. The summed E-state index contributed by atoms with van der Waals surface area (Å²) in [6.45, 7) is 3.46. The minimum absolute atomic E-state index is 0.146. The maximum atomic E-state index is 12.2. The minimum atomic E-state index is -0.254. The average Bonchev–Trinajstić information content (AvgIpc) is 2.52. The smallest absolute Gasteiger partial charge is 0.317 e. The van der Waals surface area contributed by atoms with Crippen LogP contribution in [-0.2, 0) is 4.74 Å². The van der Waals surface area contributed by atoms with E-state index in [1.807, 2.05) is 0 Å². The lowest BCUT2D eigenvalue weighted by atomic mass is 9.93. The van der Waals surface area contributed by atoms with Crippen LogP contribution in [0.2, 0.25) is 0 Å². The summed E-state index contributed by atoms with van der Waals surface area (Å²) in [5.41, 5.74) is 5.53. The number of nitrogens with one attached hydrogen (secondary N) is 5. The Morgan fingerprint density at radius 2 is 2.09 bits per heavy atom. The van der Waals surface area contributed by atoms with Gasteiger partial charge in [-0.3, -0.25) is 10.6 Å². The lowest BCUT2D eigenvalue weighted by Crippen LogP contribution is -2.68. The lowest BCUT2D eigenvalue weighted by molar-refractivity contribution is 0.0601. The van der Waals surface area contributed by atoms with Crippen LogP contribution < -0.4 is 32.3 Å². The van der Waals surface area contributed by atoms with Crippen molar-refractivity contribution < 1.29 is 9.53 Å². The molecule has 0 aromatic heterocycles. The van der Waals surface area contributed by atoms with Gasteiger partial charge in [-0.2, -0.15) is 0 Å². The minimum Gasteiger partial charge on any atom is -0.381 e. The normalized spacial score (nSPS) is 34.8. The molecule has 0 radical (unpaired) electrons. The Hall–Kier alpha value is -0.930. The predicted molar refractivity (Wildman–Crippen MR) is 89.7 cm³/mol. The lowest BCUT2D eigenvalue weighted by Gasteiger charge is -2.37. The van der Waals surface area contributed by atoms with Gasteiger partial charge in [0.05, 0.1) is 12.3 Å². The summed E-state index contributed by atoms with van der Waals surface area (Å²) in [5.74, 6) is 0. The number of carbonyl (C=O) groups excluding carboxylic acids is 1. The van der Waals surface area contributed by atoms with Gasteiger partial charge in [0.1, 0.15) is 6.29 Å². The summed E-state index contributed by atoms with van der Waals surface area (Å²) in [7, 11) is 1.73. The summed E-state index contributed by atoms with van der Waals surface area (Å²) >= 11 is 0. The molecule has 5 unspecified atom stereocenters. The molecule has 134 valence electrons. The van der Waals surface area contributed by atoms with Crippen molar-refractivity contribution in [2.45, 2.75) is 69.7 Å². The highest BCUT2D eigenvalue weighted by Crippen LogP contribution is 2.20. The Kier molecular flexibility index (Phi) is 7.51. The van der Waals surface area contributed by atoms with Gasteiger partial charge >= 0.3 is 6.03 Å². The molecule has 1 saturated heterocycles. The Balaban J connectivity index is 1.75. The van der Waals surface area contributed by atoms with Crippen LogP contribution in [0, 0.1) is 0 Å². The molecule has 8 nitrogen and oxygen atoms in total. The maximum Gasteiger partial charge on any atom is 0.317 e. The molecule has 7 N–H and O–H groups in total. The van der Waals surface area contributed by atoms with Crippen molar-refractivity contribution in [1.82, 2.24) is 26.6 Å². The molecule has 1 aliphatic heterocycles. The largest absolute Gasteiger partial charge is 0.381 e. The molecule has 8 heteroatoms. The van der Waals surface area contributed by atoms with Gasteiger partial charge in [-0.05, 0) is 39.0 Å². The summed E-state index contributed by atoms with van der Waals surface area (Å²) in [6.07, 6.45) is 5.15. The van der Waals surface area contributed by atoms with Gasteiger partial charge in [-0.15, -0.1) is 0 Å².